The van der Waals surface area contributed by atoms with Crippen LogP contribution in [0.3, 0.4) is 0 Å². The van der Waals surface area contributed by atoms with E-state index in [1.54, 1.807) is 0 Å². The molecule has 0 fully saturated rings. The first-order valence-corrected chi connectivity index (χ1v) is 2.13. The van der Waals surface area contributed by atoms with Crippen LogP contribution in [0, 0.1) is 6.33 Å². The zero-order valence-electron chi connectivity index (χ0n) is 3.78. The molecule has 0 bridgehead atoms. The molecule has 0 aliphatic carbocycles. The Kier molecular flexibility index (Phi) is 3.79. The molecule has 0 atom stereocenters. The normalized spacial score (nSPS) is 7.50. The monoisotopic (exact) mass is 299 g/mol. The van der Waals surface area contributed by atoms with Crippen molar-refractivity contribution in [1.82, 2.24) is 14.8 Å². The molecule has 1 heterocycles. The van der Waals surface area contributed by atoms with Crippen molar-refractivity contribution in [3.63, 3.8) is 0 Å². The Labute approximate surface area is 65.8 Å². The quantitative estimate of drug-likeness (QED) is 0.535. The van der Waals surface area contributed by atoms with Gasteiger partial charge in [0.05, 0.1) is 0 Å². The van der Waals surface area contributed by atoms with Crippen molar-refractivity contribution in [2.45, 2.75) is 0 Å². The van der Waals surface area contributed by atoms with Crippen LogP contribution in [0.15, 0.2) is 6.33 Å². The van der Waals surface area contributed by atoms with Gasteiger partial charge in [0.25, 0.3) is 0 Å². The molecule has 43 valence electrons. The van der Waals surface area contributed by atoms with Crippen LogP contribution >= 0.6 is 12.2 Å². The molecule has 0 aromatic carbocycles. The molecule has 0 aliphatic heterocycles. The first kappa shape index (κ1) is 7.89. The van der Waals surface area contributed by atoms with E-state index in [2.05, 4.69) is 28.6 Å². The first-order valence-electron chi connectivity index (χ1n) is 1.66. The summed E-state index contributed by atoms with van der Waals surface area (Å²) in [5, 5.41) is 3.62. The van der Waals surface area contributed by atoms with Crippen LogP contribution in [0.2, 0.25) is 0 Å². The minimum atomic E-state index is 0. The molecule has 0 aliphatic rings. The molecule has 1 aromatic heterocycles. The van der Waals surface area contributed by atoms with Gasteiger partial charge >= 0.3 is 0 Å². The van der Waals surface area contributed by atoms with Gasteiger partial charge in [0.2, 0.25) is 0 Å². The molecular formula is C3H2N3ReS-. The molecule has 1 aromatic rings. The third kappa shape index (κ3) is 1.78. The van der Waals surface area contributed by atoms with E-state index in [4.69, 9.17) is 0 Å². The van der Waals surface area contributed by atoms with E-state index in [1.807, 2.05) is 0 Å². The van der Waals surface area contributed by atoms with Gasteiger partial charge in [-0.3, -0.25) is 0 Å². The maximum absolute atomic E-state index is 4.48. The predicted octanol–water partition coefficient (Wildman–Crippen LogP) is -0.119. The van der Waals surface area contributed by atoms with Gasteiger partial charge < -0.3 is 9.67 Å². The van der Waals surface area contributed by atoms with Crippen LogP contribution in [0.4, 0.5) is 0 Å². The van der Waals surface area contributed by atoms with Crippen LogP contribution in [-0.2, 0) is 20.4 Å². The third-order valence-corrected chi connectivity index (χ3v) is 0.694. The van der Waals surface area contributed by atoms with E-state index in [9.17, 15) is 0 Å². The van der Waals surface area contributed by atoms with Gasteiger partial charge in [-0.2, -0.15) is 0 Å². The molecule has 1 rings (SSSR count). The van der Waals surface area contributed by atoms with Gasteiger partial charge in [-0.1, -0.05) is 0 Å². The SMILES string of the molecule is S=Cn1[c-]ncn1.[Re]. The minimum Gasteiger partial charge on any atom is -0.353 e. The Morgan fingerprint density at radius 3 is 2.75 bits per heavy atom. The number of hydrogen-bond donors (Lipinski definition) is 0. The van der Waals surface area contributed by atoms with E-state index >= 15 is 0 Å². The van der Waals surface area contributed by atoms with Crippen LogP contribution in [0.5, 0.6) is 0 Å². The summed E-state index contributed by atoms with van der Waals surface area (Å²) in [5.41, 5.74) is 1.35. The molecule has 0 spiro atoms. The first-order chi connectivity index (χ1) is 3.43. The van der Waals surface area contributed by atoms with Crippen molar-refractivity contribution < 1.29 is 20.4 Å². The molecular weight excluding hydrogens is 296 g/mol. The van der Waals surface area contributed by atoms with Crippen LogP contribution in [0.25, 0.3) is 0 Å². The third-order valence-electron chi connectivity index (χ3n) is 0.494. The second-order valence-corrected chi connectivity index (χ2v) is 1.12. The van der Waals surface area contributed by atoms with Gasteiger partial charge in [0.1, 0.15) is 0 Å². The molecule has 0 unspecified atom stereocenters. The summed E-state index contributed by atoms with van der Waals surface area (Å²) in [6, 6.07) is 0. The summed E-state index contributed by atoms with van der Waals surface area (Å²) >= 11 is 4.48. The molecule has 3 nitrogen and oxygen atoms in total. The molecule has 0 saturated carbocycles. The molecule has 1 radical (unpaired) electrons. The molecule has 0 saturated heterocycles. The van der Waals surface area contributed by atoms with Gasteiger partial charge in [-0.05, 0) is 5.49 Å². The fraction of sp³-hybridized carbons (Fsp3) is 0. The smallest absolute Gasteiger partial charge is 0.0340 e. The van der Waals surface area contributed by atoms with Crippen LogP contribution in [-0.4, -0.2) is 20.3 Å². The van der Waals surface area contributed by atoms with Gasteiger partial charge in [-0.15, -0.1) is 12.2 Å². The van der Waals surface area contributed by atoms with Gasteiger partial charge in [0.15, 0.2) is 0 Å². The van der Waals surface area contributed by atoms with Gasteiger partial charge in [0, 0.05) is 33.1 Å². The Bertz CT molecular complexity index is 150. The molecule has 8 heavy (non-hydrogen) atoms. The Balaban J connectivity index is 0.000000490. The Morgan fingerprint density at radius 1 is 1.75 bits per heavy atom. The van der Waals surface area contributed by atoms with Crippen LogP contribution in [0.1, 0.15) is 0 Å². The van der Waals surface area contributed by atoms with E-state index in [0.717, 1.165) is 0 Å². The maximum atomic E-state index is 4.48. The summed E-state index contributed by atoms with van der Waals surface area (Å²) in [5.74, 6) is 0. The zero-order valence-corrected chi connectivity index (χ0v) is 7.31. The molecule has 0 amide bonds. The molecule has 0 N–H and O–H groups in total. The second-order valence-electron chi connectivity index (χ2n) is 0.910. The van der Waals surface area contributed by atoms with E-state index in [1.165, 1.54) is 16.5 Å². The van der Waals surface area contributed by atoms with E-state index in [0.29, 0.717) is 0 Å². The summed E-state index contributed by atoms with van der Waals surface area (Å²) in [7, 11) is 0. The number of thiocarbonyl (C=S) groups is 1. The van der Waals surface area contributed by atoms with Crippen molar-refractivity contribution >= 4 is 17.7 Å². The number of aromatic nitrogens is 3. The summed E-state index contributed by atoms with van der Waals surface area (Å²) in [6.45, 7) is 0. The van der Waals surface area contributed by atoms with Gasteiger partial charge in [-0.25, -0.2) is 5.10 Å². The minimum absolute atomic E-state index is 0. The summed E-state index contributed by atoms with van der Waals surface area (Å²) < 4.78 is 1.33. The van der Waals surface area contributed by atoms with Crippen molar-refractivity contribution in [2.75, 3.05) is 0 Å². The summed E-state index contributed by atoms with van der Waals surface area (Å²) in [6.07, 6.45) is 3.86. The second kappa shape index (κ2) is 3.84. The van der Waals surface area contributed by atoms with Crippen molar-refractivity contribution in [2.24, 2.45) is 0 Å². The van der Waals surface area contributed by atoms with E-state index < -0.39 is 0 Å². The molecule has 5 heteroatoms. The van der Waals surface area contributed by atoms with Crippen molar-refractivity contribution in [1.29, 1.82) is 0 Å². The van der Waals surface area contributed by atoms with E-state index in [-0.39, 0.29) is 20.4 Å². The Hall–Kier alpha value is -0.108. The summed E-state index contributed by atoms with van der Waals surface area (Å²) in [4.78, 5) is 3.52. The largest absolute Gasteiger partial charge is 0.353 e. The maximum Gasteiger partial charge on any atom is 0.0340 e. The fourth-order valence-corrected chi connectivity index (χ4v) is 0.345. The number of rotatable bonds is 1. The number of hydrogen-bond acceptors (Lipinski definition) is 3. The fourth-order valence-electron chi connectivity index (χ4n) is 0.243. The average molecular weight is 298 g/mol. The van der Waals surface area contributed by atoms with Crippen molar-refractivity contribution in [3.05, 3.63) is 12.7 Å². The zero-order chi connectivity index (χ0) is 5.11. The van der Waals surface area contributed by atoms with Crippen molar-refractivity contribution in [3.8, 4) is 0 Å². The average Bonchev–Trinajstić information content (AvgIpc) is 2.14. The topological polar surface area (TPSA) is 30.7 Å². The number of nitrogens with zero attached hydrogens (tertiary/aromatic N) is 3. The Morgan fingerprint density at radius 2 is 2.50 bits per heavy atom. The van der Waals surface area contributed by atoms with Crippen LogP contribution < -0.4 is 0 Å². The standard InChI is InChI=1S/C3H2N3S.Re/c7-3-6-2-4-1-5-6;/h1,3H;/q-1;. The predicted molar refractivity (Wildman–Crippen MR) is 27.9 cm³/mol.